The standard InChI is InChI=1S/C14H16Br3NO/c1-18(13-5-3-2-4-12(13)17)14(19)9-6-10(15)8-11(16)7-9/h6-8,12-13H,2-5H2,1H3. The fraction of sp³-hybridized carbons (Fsp3) is 0.500. The van der Waals surface area contributed by atoms with E-state index in [1.54, 1.807) is 0 Å². The van der Waals surface area contributed by atoms with E-state index in [1.165, 1.54) is 12.8 Å². The minimum atomic E-state index is 0.0818. The summed E-state index contributed by atoms with van der Waals surface area (Å²) in [6.07, 6.45) is 4.67. The molecule has 1 amide bonds. The molecule has 1 aliphatic rings. The number of alkyl halides is 1. The molecular weight excluding hydrogens is 438 g/mol. The lowest BCUT2D eigenvalue weighted by Crippen LogP contribution is -2.44. The summed E-state index contributed by atoms with van der Waals surface area (Å²) in [6.45, 7) is 0. The molecule has 0 aromatic heterocycles. The van der Waals surface area contributed by atoms with Crippen LogP contribution in [-0.4, -0.2) is 28.7 Å². The summed E-state index contributed by atoms with van der Waals surface area (Å²) in [5, 5.41) is 0. The van der Waals surface area contributed by atoms with Gasteiger partial charge >= 0.3 is 0 Å². The largest absolute Gasteiger partial charge is 0.338 e. The molecule has 2 nitrogen and oxygen atoms in total. The van der Waals surface area contributed by atoms with Crippen LogP contribution in [0, 0.1) is 0 Å². The molecule has 0 spiro atoms. The second kappa shape index (κ2) is 6.72. The molecule has 2 rings (SSSR count). The number of carbonyl (C=O) groups is 1. The minimum absolute atomic E-state index is 0.0818. The zero-order valence-electron chi connectivity index (χ0n) is 10.7. The van der Waals surface area contributed by atoms with E-state index in [0.717, 1.165) is 21.8 Å². The van der Waals surface area contributed by atoms with Crippen LogP contribution >= 0.6 is 47.8 Å². The summed E-state index contributed by atoms with van der Waals surface area (Å²) in [5.41, 5.74) is 0.717. The van der Waals surface area contributed by atoms with Gasteiger partial charge in [0, 0.05) is 32.4 Å². The van der Waals surface area contributed by atoms with E-state index >= 15 is 0 Å². The molecule has 104 valence electrons. The van der Waals surface area contributed by atoms with E-state index in [0.29, 0.717) is 16.4 Å². The van der Waals surface area contributed by atoms with Crippen molar-refractivity contribution in [2.45, 2.75) is 36.6 Å². The third-order valence-corrected chi connectivity index (χ3v) is 5.56. The van der Waals surface area contributed by atoms with E-state index in [2.05, 4.69) is 47.8 Å². The second-order valence-corrected chi connectivity index (χ2v) is 7.95. The number of benzene rings is 1. The Kier molecular flexibility index (Phi) is 5.49. The first-order chi connectivity index (χ1) is 8.99. The fourth-order valence-corrected chi connectivity index (χ4v) is 4.77. The maximum Gasteiger partial charge on any atom is 0.253 e. The highest BCUT2D eigenvalue weighted by Crippen LogP contribution is 2.29. The normalized spacial score (nSPS) is 23.2. The monoisotopic (exact) mass is 451 g/mol. The zero-order valence-corrected chi connectivity index (χ0v) is 15.5. The van der Waals surface area contributed by atoms with Crippen LogP contribution in [0.25, 0.3) is 0 Å². The summed E-state index contributed by atoms with van der Waals surface area (Å²) in [7, 11) is 1.90. The maximum atomic E-state index is 12.6. The van der Waals surface area contributed by atoms with Gasteiger partial charge in [0.2, 0.25) is 0 Å². The molecule has 0 N–H and O–H groups in total. The van der Waals surface area contributed by atoms with Crippen molar-refractivity contribution in [3.63, 3.8) is 0 Å². The molecule has 0 bridgehead atoms. The lowest BCUT2D eigenvalue weighted by Gasteiger charge is -2.35. The van der Waals surface area contributed by atoms with E-state index in [4.69, 9.17) is 0 Å². The van der Waals surface area contributed by atoms with Gasteiger partial charge in [-0.15, -0.1) is 0 Å². The summed E-state index contributed by atoms with van der Waals surface area (Å²) >= 11 is 10.6. The van der Waals surface area contributed by atoms with Gasteiger partial charge in [0.1, 0.15) is 0 Å². The molecule has 1 fully saturated rings. The SMILES string of the molecule is CN(C(=O)c1cc(Br)cc(Br)c1)C1CCCCC1Br. The Balaban J connectivity index is 2.18. The van der Waals surface area contributed by atoms with Crippen molar-refractivity contribution in [3.8, 4) is 0 Å². The summed E-state index contributed by atoms with van der Waals surface area (Å²) in [5.74, 6) is 0.0818. The van der Waals surface area contributed by atoms with E-state index < -0.39 is 0 Å². The van der Waals surface area contributed by atoms with Crippen LogP contribution in [0.5, 0.6) is 0 Å². The highest BCUT2D eigenvalue weighted by Gasteiger charge is 2.29. The number of halogens is 3. The average Bonchev–Trinajstić information content (AvgIpc) is 2.36. The molecule has 0 aliphatic heterocycles. The first-order valence-corrected chi connectivity index (χ1v) is 8.86. The highest BCUT2D eigenvalue weighted by molar-refractivity contribution is 9.11. The number of rotatable bonds is 2. The molecule has 1 aliphatic carbocycles. The van der Waals surface area contributed by atoms with Gasteiger partial charge in [0.15, 0.2) is 0 Å². The number of nitrogens with zero attached hydrogens (tertiary/aromatic N) is 1. The number of hydrogen-bond donors (Lipinski definition) is 0. The Labute approximate surface area is 139 Å². The minimum Gasteiger partial charge on any atom is -0.338 e. The quantitative estimate of drug-likeness (QED) is 0.578. The van der Waals surface area contributed by atoms with Crippen LogP contribution in [0.15, 0.2) is 27.1 Å². The molecule has 1 saturated carbocycles. The van der Waals surface area contributed by atoms with Gasteiger partial charge in [-0.1, -0.05) is 60.6 Å². The van der Waals surface area contributed by atoms with Gasteiger partial charge in [-0.2, -0.15) is 0 Å². The van der Waals surface area contributed by atoms with Crippen molar-refractivity contribution in [1.29, 1.82) is 0 Å². The lowest BCUT2D eigenvalue weighted by molar-refractivity contribution is 0.0704. The highest BCUT2D eigenvalue weighted by atomic mass is 79.9. The Bertz CT molecular complexity index is 458. The molecule has 2 atom stereocenters. The molecule has 1 aromatic carbocycles. The van der Waals surface area contributed by atoms with E-state index in [-0.39, 0.29) is 5.91 Å². The van der Waals surface area contributed by atoms with Crippen molar-refractivity contribution in [2.75, 3.05) is 7.05 Å². The predicted octanol–water partition coefficient (Wildman–Crippen LogP) is 4.99. The molecule has 1 aromatic rings. The molecule has 5 heteroatoms. The number of carbonyl (C=O) groups excluding carboxylic acids is 1. The zero-order chi connectivity index (χ0) is 14.0. The second-order valence-electron chi connectivity index (χ2n) is 4.94. The van der Waals surface area contributed by atoms with Crippen LogP contribution in [0.2, 0.25) is 0 Å². The summed E-state index contributed by atoms with van der Waals surface area (Å²) in [6, 6.07) is 5.97. The Morgan fingerprint density at radius 1 is 1.16 bits per heavy atom. The maximum absolute atomic E-state index is 12.6. The first kappa shape index (κ1) is 15.5. The van der Waals surface area contributed by atoms with E-state index in [1.807, 2.05) is 30.1 Å². The first-order valence-electron chi connectivity index (χ1n) is 6.36. The molecular formula is C14H16Br3NO. The predicted molar refractivity (Wildman–Crippen MR) is 88.9 cm³/mol. The average molecular weight is 454 g/mol. The van der Waals surface area contributed by atoms with Gasteiger partial charge in [-0.3, -0.25) is 4.79 Å². The number of amides is 1. The van der Waals surface area contributed by atoms with Gasteiger partial charge < -0.3 is 4.90 Å². The topological polar surface area (TPSA) is 20.3 Å². The van der Waals surface area contributed by atoms with Gasteiger partial charge in [0.25, 0.3) is 5.91 Å². The lowest BCUT2D eigenvalue weighted by atomic mass is 9.94. The van der Waals surface area contributed by atoms with Crippen LogP contribution in [0.1, 0.15) is 36.0 Å². The van der Waals surface area contributed by atoms with Crippen LogP contribution in [-0.2, 0) is 0 Å². The summed E-state index contributed by atoms with van der Waals surface area (Å²) < 4.78 is 1.83. The fourth-order valence-electron chi connectivity index (χ4n) is 2.53. The Morgan fingerprint density at radius 2 is 1.74 bits per heavy atom. The van der Waals surface area contributed by atoms with Crippen molar-refractivity contribution in [3.05, 3.63) is 32.7 Å². The smallest absolute Gasteiger partial charge is 0.253 e. The molecule has 0 radical (unpaired) electrons. The Morgan fingerprint density at radius 3 is 2.32 bits per heavy atom. The van der Waals surface area contributed by atoms with Crippen molar-refractivity contribution in [1.82, 2.24) is 4.90 Å². The van der Waals surface area contributed by atoms with E-state index in [9.17, 15) is 4.79 Å². The Hall–Kier alpha value is 0.130. The molecule has 0 saturated heterocycles. The van der Waals surface area contributed by atoms with Crippen molar-refractivity contribution < 1.29 is 4.79 Å². The summed E-state index contributed by atoms with van der Waals surface area (Å²) in [4.78, 5) is 14.8. The molecule has 2 unspecified atom stereocenters. The van der Waals surface area contributed by atoms with Crippen LogP contribution in [0.3, 0.4) is 0 Å². The molecule has 0 heterocycles. The van der Waals surface area contributed by atoms with Gasteiger partial charge in [-0.05, 0) is 31.0 Å². The van der Waals surface area contributed by atoms with Crippen LogP contribution < -0.4 is 0 Å². The van der Waals surface area contributed by atoms with Crippen molar-refractivity contribution >= 4 is 53.7 Å². The van der Waals surface area contributed by atoms with Gasteiger partial charge in [-0.25, -0.2) is 0 Å². The van der Waals surface area contributed by atoms with Crippen molar-refractivity contribution in [2.24, 2.45) is 0 Å². The third kappa shape index (κ3) is 3.82. The van der Waals surface area contributed by atoms with Gasteiger partial charge in [0.05, 0.1) is 0 Å². The molecule has 19 heavy (non-hydrogen) atoms. The number of hydrogen-bond acceptors (Lipinski definition) is 1. The third-order valence-electron chi connectivity index (χ3n) is 3.57. The van der Waals surface area contributed by atoms with Crippen LogP contribution in [0.4, 0.5) is 0 Å².